The number of halogens is 1. The van der Waals surface area contributed by atoms with Gasteiger partial charge >= 0.3 is 0 Å². The van der Waals surface area contributed by atoms with Gasteiger partial charge in [-0.1, -0.05) is 0 Å². The van der Waals surface area contributed by atoms with Gasteiger partial charge in [0.1, 0.15) is 5.75 Å². The number of nitrogens with one attached hydrogen (secondary N) is 1. The number of nitrogens with zero attached hydrogens (tertiary/aromatic N) is 1. The summed E-state index contributed by atoms with van der Waals surface area (Å²) in [7, 11) is 1.58. The molecule has 0 radical (unpaired) electrons. The molecule has 0 fully saturated rings. The summed E-state index contributed by atoms with van der Waals surface area (Å²) in [4.78, 5) is 11.8. The zero-order chi connectivity index (χ0) is 13.4. The van der Waals surface area contributed by atoms with Crippen molar-refractivity contribution in [3.05, 3.63) is 28.2 Å². The van der Waals surface area contributed by atoms with Crippen LogP contribution in [0.2, 0.25) is 0 Å². The second-order valence-corrected chi connectivity index (χ2v) is 4.57. The Morgan fingerprint density at radius 1 is 1.50 bits per heavy atom. The molecule has 96 valence electrons. The van der Waals surface area contributed by atoms with Gasteiger partial charge in [-0.25, -0.2) is 0 Å². The van der Waals surface area contributed by atoms with Crippen molar-refractivity contribution in [2.45, 2.75) is 19.3 Å². The number of hydrogen-bond donors (Lipinski definition) is 1. The molecular weight excluding hydrogens is 296 g/mol. The second-order valence-electron chi connectivity index (χ2n) is 3.72. The van der Waals surface area contributed by atoms with Crippen LogP contribution in [0.15, 0.2) is 22.7 Å². The molecule has 1 amide bonds. The Morgan fingerprint density at radius 3 is 2.89 bits per heavy atom. The number of carbonyl (C=O) groups is 1. The third kappa shape index (κ3) is 4.38. The van der Waals surface area contributed by atoms with E-state index in [0.717, 1.165) is 17.3 Å². The van der Waals surface area contributed by atoms with Crippen molar-refractivity contribution >= 4 is 21.8 Å². The Kier molecular flexibility index (Phi) is 6.23. The molecule has 0 aliphatic rings. The van der Waals surface area contributed by atoms with Gasteiger partial charge in [0.05, 0.1) is 17.7 Å². The predicted octanol–water partition coefficient (Wildman–Crippen LogP) is 2.88. The number of amides is 1. The molecule has 0 saturated heterocycles. The van der Waals surface area contributed by atoms with Crippen LogP contribution in [0.5, 0.6) is 5.75 Å². The van der Waals surface area contributed by atoms with Crippen LogP contribution < -0.4 is 10.1 Å². The number of ether oxygens (including phenoxy) is 1. The van der Waals surface area contributed by atoms with E-state index in [9.17, 15) is 4.79 Å². The van der Waals surface area contributed by atoms with E-state index in [-0.39, 0.29) is 5.91 Å². The van der Waals surface area contributed by atoms with Crippen molar-refractivity contribution in [1.29, 1.82) is 5.26 Å². The molecular formula is C13H15BrN2O2. The lowest BCUT2D eigenvalue weighted by Gasteiger charge is -2.07. The monoisotopic (exact) mass is 310 g/mol. The molecule has 4 nitrogen and oxygen atoms in total. The maximum atomic E-state index is 11.8. The van der Waals surface area contributed by atoms with Gasteiger partial charge in [0.2, 0.25) is 0 Å². The van der Waals surface area contributed by atoms with Crippen molar-refractivity contribution < 1.29 is 9.53 Å². The molecule has 0 saturated carbocycles. The third-order valence-electron chi connectivity index (χ3n) is 2.41. The first-order valence-electron chi connectivity index (χ1n) is 5.67. The summed E-state index contributed by atoms with van der Waals surface area (Å²) in [5.41, 5.74) is 0.586. The minimum absolute atomic E-state index is 0.115. The largest absolute Gasteiger partial charge is 0.496 e. The molecule has 1 aromatic carbocycles. The van der Waals surface area contributed by atoms with Crippen molar-refractivity contribution in [1.82, 2.24) is 5.32 Å². The SMILES string of the molecule is COc1ccc(C(=O)NCCCCC#N)cc1Br. The van der Waals surface area contributed by atoms with E-state index in [1.807, 2.05) is 0 Å². The summed E-state index contributed by atoms with van der Waals surface area (Å²) in [6.45, 7) is 0.587. The molecule has 0 aliphatic heterocycles. The lowest BCUT2D eigenvalue weighted by Crippen LogP contribution is -2.24. The van der Waals surface area contributed by atoms with Gasteiger partial charge in [-0.15, -0.1) is 0 Å². The molecule has 0 heterocycles. The van der Waals surface area contributed by atoms with Gasteiger partial charge < -0.3 is 10.1 Å². The predicted molar refractivity (Wildman–Crippen MR) is 72.5 cm³/mol. The molecule has 0 atom stereocenters. The first-order valence-corrected chi connectivity index (χ1v) is 6.47. The zero-order valence-corrected chi connectivity index (χ0v) is 11.8. The van der Waals surface area contributed by atoms with Crippen molar-refractivity contribution in [3.63, 3.8) is 0 Å². The maximum Gasteiger partial charge on any atom is 0.251 e. The van der Waals surface area contributed by atoms with Gasteiger partial charge in [0.25, 0.3) is 5.91 Å². The molecule has 5 heteroatoms. The Hall–Kier alpha value is -1.54. The normalized spacial score (nSPS) is 9.61. The second kappa shape index (κ2) is 7.72. The Morgan fingerprint density at radius 2 is 2.28 bits per heavy atom. The molecule has 1 aromatic rings. The number of benzene rings is 1. The summed E-state index contributed by atoms with van der Waals surface area (Å²) in [6, 6.07) is 7.26. The van der Waals surface area contributed by atoms with E-state index >= 15 is 0 Å². The van der Waals surface area contributed by atoms with Gasteiger partial charge in [0.15, 0.2) is 0 Å². The molecule has 0 unspecified atom stereocenters. The number of unbranched alkanes of at least 4 members (excludes halogenated alkanes) is 2. The fourth-order valence-corrected chi connectivity index (χ4v) is 1.98. The van der Waals surface area contributed by atoms with E-state index in [4.69, 9.17) is 10.00 Å². The summed E-state index contributed by atoms with van der Waals surface area (Å²) in [5, 5.41) is 11.2. The molecule has 18 heavy (non-hydrogen) atoms. The molecule has 1 rings (SSSR count). The lowest BCUT2D eigenvalue weighted by atomic mass is 10.2. The van der Waals surface area contributed by atoms with Crippen LogP contribution in [0.3, 0.4) is 0 Å². The summed E-state index contributed by atoms with van der Waals surface area (Å²) >= 11 is 3.34. The molecule has 1 N–H and O–H groups in total. The number of methoxy groups -OCH3 is 1. The quantitative estimate of drug-likeness (QED) is 0.822. The van der Waals surface area contributed by atoms with Gasteiger partial charge in [-0.2, -0.15) is 5.26 Å². The first kappa shape index (κ1) is 14.5. The third-order valence-corrected chi connectivity index (χ3v) is 3.03. The van der Waals surface area contributed by atoms with Gasteiger partial charge in [-0.3, -0.25) is 4.79 Å². The Labute approximate surface area is 115 Å². The number of hydrogen-bond acceptors (Lipinski definition) is 3. The smallest absolute Gasteiger partial charge is 0.251 e. The molecule has 0 aromatic heterocycles. The maximum absolute atomic E-state index is 11.8. The average molecular weight is 311 g/mol. The number of carbonyl (C=O) groups excluding carboxylic acids is 1. The number of nitriles is 1. The topological polar surface area (TPSA) is 62.1 Å². The van der Waals surface area contributed by atoms with Crippen molar-refractivity contribution in [2.24, 2.45) is 0 Å². The highest BCUT2D eigenvalue weighted by Crippen LogP contribution is 2.25. The minimum atomic E-state index is -0.115. The van der Waals surface area contributed by atoms with Crippen LogP contribution in [0, 0.1) is 11.3 Å². The van der Waals surface area contributed by atoms with Crippen molar-refractivity contribution in [2.75, 3.05) is 13.7 Å². The first-order chi connectivity index (χ1) is 8.69. The fourth-order valence-electron chi connectivity index (χ4n) is 1.44. The Bertz CT molecular complexity index is 455. The van der Waals surface area contributed by atoms with Crippen LogP contribution in [0.1, 0.15) is 29.6 Å². The van der Waals surface area contributed by atoms with Crippen LogP contribution in [0.4, 0.5) is 0 Å². The van der Waals surface area contributed by atoms with E-state index < -0.39 is 0 Å². The van der Waals surface area contributed by atoms with Crippen LogP contribution >= 0.6 is 15.9 Å². The highest BCUT2D eigenvalue weighted by atomic mass is 79.9. The zero-order valence-electron chi connectivity index (χ0n) is 10.2. The summed E-state index contributed by atoms with van der Waals surface area (Å²) < 4.78 is 5.85. The van der Waals surface area contributed by atoms with E-state index in [1.165, 1.54) is 0 Å². The van der Waals surface area contributed by atoms with E-state index in [1.54, 1.807) is 25.3 Å². The van der Waals surface area contributed by atoms with Crippen LogP contribution in [0.25, 0.3) is 0 Å². The molecule has 0 bridgehead atoms. The lowest BCUT2D eigenvalue weighted by molar-refractivity contribution is 0.0953. The fraction of sp³-hybridized carbons (Fsp3) is 0.385. The highest BCUT2D eigenvalue weighted by Gasteiger charge is 2.07. The highest BCUT2D eigenvalue weighted by molar-refractivity contribution is 9.10. The number of rotatable bonds is 6. The molecule has 0 aliphatic carbocycles. The van der Waals surface area contributed by atoms with Crippen LogP contribution in [-0.2, 0) is 0 Å². The standard InChI is InChI=1S/C13H15BrN2O2/c1-18-12-6-5-10(9-11(12)14)13(17)16-8-4-2-3-7-15/h5-6,9H,2-4,8H2,1H3,(H,16,17). The summed E-state index contributed by atoms with van der Waals surface area (Å²) in [5.74, 6) is 0.580. The van der Waals surface area contributed by atoms with Gasteiger partial charge in [0, 0.05) is 18.5 Å². The van der Waals surface area contributed by atoms with E-state index in [0.29, 0.717) is 24.3 Å². The Balaban J connectivity index is 2.47. The van der Waals surface area contributed by atoms with E-state index in [2.05, 4.69) is 27.3 Å². The molecule has 0 spiro atoms. The van der Waals surface area contributed by atoms with Crippen molar-refractivity contribution in [3.8, 4) is 11.8 Å². The summed E-state index contributed by atoms with van der Waals surface area (Å²) in [6.07, 6.45) is 2.16. The van der Waals surface area contributed by atoms with Crippen LogP contribution in [-0.4, -0.2) is 19.6 Å². The average Bonchev–Trinajstić information content (AvgIpc) is 2.38. The van der Waals surface area contributed by atoms with Gasteiger partial charge in [-0.05, 0) is 47.0 Å². The minimum Gasteiger partial charge on any atom is -0.496 e.